The van der Waals surface area contributed by atoms with E-state index in [1.54, 1.807) is 11.1 Å². The fraction of sp³-hybridized carbons (Fsp3) is 0.647. The Labute approximate surface area is 111 Å². The first-order valence-electron chi connectivity index (χ1n) is 7.59. The molecule has 2 aliphatic carbocycles. The van der Waals surface area contributed by atoms with Gasteiger partial charge >= 0.3 is 0 Å². The highest BCUT2D eigenvalue weighted by atomic mass is 14.9. The summed E-state index contributed by atoms with van der Waals surface area (Å²) in [7, 11) is 0. The molecule has 0 spiro atoms. The number of nitrogens with one attached hydrogen (secondary N) is 1. The van der Waals surface area contributed by atoms with E-state index >= 15 is 0 Å². The van der Waals surface area contributed by atoms with Crippen LogP contribution in [0.4, 0.5) is 0 Å². The van der Waals surface area contributed by atoms with Gasteiger partial charge in [-0.25, -0.2) is 0 Å². The SMILES string of the molecule is CC(NCC(C)C1CC1)c1ccc2c(c1)CCC2. The number of rotatable bonds is 5. The van der Waals surface area contributed by atoms with Gasteiger partial charge < -0.3 is 5.32 Å². The van der Waals surface area contributed by atoms with Crippen molar-refractivity contribution in [3.8, 4) is 0 Å². The molecule has 0 heterocycles. The molecule has 0 saturated heterocycles. The van der Waals surface area contributed by atoms with Crippen molar-refractivity contribution in [3.05, 3.63) is 34.9 Å². The molecule has 1 heteroatoms. The molecule has 1 aromatic rings. The van der Waals surface area contributed by atoms with Gasteiger partial charge in [0.2, 0.25) is 0 Å². The van der Waals surface area contributed by atoms with E-state index in [9.17, 15) is 0 Å². The number of fused-ring (bicyclic) bond motifs is 1. The molecule has 2 aliphatic rings. The molecule has 0 amide bonds. The molecule has 1 nitrogen and oxygen atoms in total. The highest BCUT2D eigenvalue weighted by molar-refractivity contribution is 5.36. The molecule has 1 saturated carbocycles. The summed E-state index contributed by atoms with van der Waals surface area (Å²) in [5.41, 5.74) is 4.65. The summed E-state index contributed by atoms with van der Waals surface area (Å²) in [6, 6.07) is 7.60. The van der Waals surface area contributed by atoms with Gasteiger partial charge in [-0.15, -0.1) is 0 Å². The van der Waals surface area contributed by atoms with Crippen LogP contribution in [0.5, 0.6) is 0 Å². The van der Waals surface area contributed by atoms with Crippen molar-refractivity contribution in [2.75, 3.05) is 6.54 Å². The van der Waals surface area contributed by atoms with Crippen LogP contribution in [0, 0.1) is 11.8 Å². The Kier molecular flexibility index (Phi) is 3.43. The fourth-order valence-electron chi connectivity index (χ4n) is 3.17. The zero-order chi connectivity index (χ0) is 12.5. The normalized spacial score (nSPS) is 21.7. The Morgan fingerprint density at radius 2 is 1.94 bits per heavy atom. The molecule has 0 aromatic heterocycles. The van der Waals surface area contributed by atoms with Crippen molar-refractivity contribution < 1.29 is 0 Å². The third-order valence-corrected chi connectivity index (χ3v) is 4.80. The first-order chi connectivity index (χ1) is 8.74. The van der Waals surface area contributed by atoms with Crippen molar-refractivity contribution in [1.82, 2.24) is 5.32 Å². The summed E-state index contributed by atoms with van der Waals surface area (Å²) in [5.74, 6) is 1.85. The summed E-state index contributed by atoms with van der Waals surface area (Å²) in [6.07, 6.45) is 6.83. The third-order valence-electron chi connectivity index (χ3n) is 4.80. The monoisotopic (exact) mass is 243 g/mol. The number of aryl methyl sites for hydroxylation is 2. The average molecular weight is 243 g/mol. The zero-order valence-corrected chi connectivity index (χ0v) is 11.7. The summed E-state index contributed by atoms with van der Waals surface area (Å²) in [4.78, 5) is 0. The van der Waals surface area contributed by atoms with E-state index in [0.29, 0.717) is 6.04 Å². The van der Waals surface area contributed by atoms with E-state index in [1.807, 2.05) is 0 Å². The van der Waals surface area contributed by atoms with E-state index < -0.39 is 0 Å². The van der Waals surface area contributed by atoms with Gasteiger partial charge in [0.1, 0.15) is 0 Å². The summed E-state index contributed by atoms with van der Waals surface area (Å²) < 4.78 is 0. The predicted octanol–water partition coefficient (Wildman–Crippen LogP) is 3.87. The summed E-state index contributed by atoms with van der Waals surface area (Å²) >= 11 is 0. The second-order valence-electron chi connectivity index (χ2n) is 6.33. The van der Waals surface area contributed by atoms with Gasteiger partial charge in [-0.05, 0) is 74.1 Å². The molecular formula is C17H25N. The molecule has 3 rings (SSSR count). The van der Waals surface area contributed by atoms with E-state index in [-0.39, 0.29) is 0 Å². The molecule has 18 heavy (non-hydrogen) atoms. The standard InChI is InChI=1S/C17H25N/c1-12(14-6-7-14)11-18-13(2)16-9-8-15-4-3-5-17(15)10-16/h8-10,12-14,18H,3-7,11H2,1-2H3. The van der Waals surface area contributed by atoms with Crippen molar-refractivity contribution in [2.45, 2.75) is 52.0 Å². The van der Waals surface area contributed by atoms with E-state index in [4.69, 9.17) is 0 Å². The van der Waals surface area contributed by atoms with Crippen LogP contribution < -0.4 is 5.32 Å². The van der Waals surface area contributed by atoms with Crippen molar-refractivity contribution in [2.24, 2.45) is 11.8 Å². The Morgan fingerprint density at radius 3 is 2.72 bits per heavy atom. The van der Waals surface area contributed by atoms with Crippen LogP contribution in [0.15, 0.2) is 18.2 Å². The Balaban J connectivity index is 1.59. The highest BCUT2D eigenvalue weighted by Gasteiger charge is 2.27. The molecule has 1 aromatic carbocycles. The number of hydrogen-bond donors (Lipinski definition) is 1. The zero-order valence-electron chi connectivity index (χ0n) is 11.7. The van der Waals surface area contributed by atoms with Crippen LogP contribution in [-0.4, -0.2) is 6.54 Å². The quantitative estimate of drug-likeness (QED) is 0.827. The van der Waals surface area contributed by atoms with Gasteiger partial charge in [-0.2, -0.15) is 0 Å². The minimum atomic E-state index is 0.497. The van der Waals surface area contributed by atoms with Crippen LogP contribution in [0.1, 0.15) is 55.8 Å². The second-order valence-corrected chi connectivity index (χ2v) is 6.33. The molecule has 1 fully saturated rings. The Bertz CT molecular complexity index is 420. The molecule has 1 N–H and O–H groups in total. The predicted molar refractivity (Wildman–Crippen MR) is 76.8 cm³/mol. The van der Waals surface area contributed by atoms with Gasteiger partial charge in [-0.3, -0.25) is 0 Å². The minimum Gasteiger partial charge on any atom is -0.310 e. The smallest absolute Gasteiger partial charge is 0.0292 e. The van der Waals surface area contributed by atoms with Gasteiger partial charge in [-0.1, -0.05) is 25.1 Å². The van der Waals surface area contributed by atoms with Crippen LogP contribution >= 0.6 is 0 Å². The Morgan fingerprint density at radius 1 is 1.17 bits per heavy atom. The van der Waals surface area contributed by atoms with Gasteiger partial charge in [0.25, 0.3) is 0 Å². The first kappa shape index (κ1) is 12.2. The lowest BCUT2D eigenvalue weighted by Crippen LogP contribution is -2.25. The lowest BCUT2D eigenvalue weighted by Gasteiger charge is -2.18. The minimum absolute atomic E-state index is 0.497. The highest BCUT2D eigenvalue weighted by Crippen LogP contribution is 2.36. The van der Waals surface area contributed by atoms with E-state index in [0.717, 1.165) is 11.8 Å². The van der Waals surface area contributed by atoms with Crippen molar-refractivity contribution in [3.63, 3.8) is 0 Å². The molecular weight excluding hydrogens is 218 g/mol. The van der Waals surface area contributed by atoms with Crippen LogP contribution in [0.3, 0.4) is 0 Å². The van der Waals surface area contributed by atoms with Crippen LogP contribution in [0.25, 0.3) is 0 Å². The largest absolute Gasteiger partial charge is 0.310 e. The van der Waals surface area contributed by atoms with E-state index in [1.165, 1.54) is 44.2 Å². The lowest BCUT2D eigenvalue weighted by molar-refractivity contribution is 0.432. The molecule has 0 aliphatic heterocycles. The van der Waals surface area contributed by atoms with Crippen molar-refractivity contribution in [1.29, 1.82) is 0 Å². The van der Waals surface area contributed by atoms with Crippen molar-refractivity contribution >= 4 is 0 Å². The first-order valence-corrected chi connectivity index (χ1v) is 7.59. The molecule has 0 radical (unpaired) electrons. The maximum absolute atomic E-state index is 3.71. The van der Waals surface area contributed by atoms with Gasteiger partial charge in [0, 0.05) is 6.04 Å². The van der Waals surface area contributed by atoms with Crippen LogP contribution in [-0.2, 0) is 12.8 Å². The Hall–Kier alpha value is -0.820. The summed E-state index contributed by atoms with van der Waals surface area (Å²) in [5, 5.41) is 3.71. The summed E-state index contributed by atoms with van der Waals surface area (Å²) in [6.45, 7) is 5.86. The second kappa shape index (κ2) is 5.05. The molecule has 98 valence electrons. The molecule has 0 bridgehead atoms. The maximum atomic E-state index is 3.71. The van der Waals surface area contributed by atoms with Gasteiger partial charge in [0.05, 0.1) is 0 Å². The third kappa shape index (κ3) is 2.61. The number of benzene rings is 1. The maximum Gasteiger partial charge on any atom is 0.0292 e. The lowest BCUT2D eigenvalue weighted by atomic mass is 10.0. The fourth-order valence-corrected chi connectivity index (χ4v) is 3.17. The molecule has 2 atom stereocenters. The van der Waals surface area contributed by atoms with Crippen LogP contribution in [0.2, 0.25) is 0 Å². The van der Waals surface area contributed by atoms with E-state index in [2.05, 4.69) is 37.4 Å². The topological polar surface area (TPSA) is 12.0 Å². The van der Waals surface area contributed by atoms with Gasteiger partial charge in [0.15, 0.2) is 0 Å². The molecule has 2 unspecified atom stereocenters. The number of hydrogen-bond acceptors (Lipinski definition) is 1. The average Bonchev–Trinajstić information content (AvgIpc) is 3.13.